The van der Waals surface area contributed by atoms with E-state index in [2.05, 4.69) is 31.9 Å². The first kappa shape index (κ1) is 24.3. The highest BCUT2D eigenvalue weighted by Gasteiger charge is 2.25. The zero-order valence-corrected chi connectivity index (χ0v) is 18.0. The summed E-state index contributed by atoms with van der Waals surface area (Å²) in [5.74, 6) is -2.35. The Kier molecular flexibility index (Phi) is 8.94. The number of carboxylic acids is 1. The Labute approximate surface area is 187 Å². The molecule has 2 amide bonds. The zero-order chi connectivity index (χ0) is 23.0. The second-order valence-corrected chi connectivity index (χ2v) is 7.62. The summed E-state index contributed by atoms with van der Waals surface area (Å²) in [5.41, 5.74) is 12.2. The fourth-order valence-corrected chi connectivity index (χ4v) is 3.05. The van der Waals surface area contributed by atoms with Gasteiger partial charge in [0.2, 0.25) is 5.91 Å². The van der Waals surface area contributed by atoms with Crippen LogP contribution in [0.2, 0.25) is 0 Å². The molecule has 0 fully saturated rings. The molecule has 2 aromatic carbocycles. The molecule has 0 aliphatic heterocycles. The van der Waals surface area contributed by atoms with E-state index in [0.717, 1.165) is 4.47 Å². The van der Waals surface area contributed by atoms with Gasteiger partial charge in [0, 0.05) is 15.7 Å². The van der Waals surface area contributed by atoms with Crippen molar-refractivity contribution in [1.82, 2.24) is 10.6 Å². The summed E-state index contributed by atoms with van der Waals surface area (Å²) in [6, 6.07) is 11.9. The van der Waals surface area contributed by atoms with Crippen molar-refractivity contribution >= 4 is 39.4 Å². The summed E-state index contributed by atoms with van der Waals surface area (Å²) in [7, 11) is 0. The molecule has 2 rings (SSSR count). The van der Waals surface area contributed by atoms with Gasteiger partial charge in [0.1, 0.15) is 6.29 Å². The minimum atomic E-state index is -1.24. The Morgan fingerprint density at radius 3 is 2.35 bits per heavy atom. The first-order chi connectivity index (χ1) is 14.7. The van der Waals surface area contributed by atoms with Crippen molar-refractivity contribution in [2.24, 2.45) is 11.5 Å². The number of hydrogen-bond acceptors (Lipinski definition) is 7. The van der Waals surface area contributed by atoms with E-state index in [0.29, 0.717) is 11.3 Å². The largest absolute Gasteiger partial charge is 0.481 e. The molecule has 0 bridgehead atoms. The van der Waals surface area contributed by atoms with Crippen LogP contribution in [0, 0.1) is 0 Å². The molecule has 166 valence electrons. The molecule has 2 aromatic rings. The summed E-state index contributed by atoms with van der Waals surface area (Å²) in [6.07, 6.45) is -2.54. The van der Waals surface area contributed by atoms with Gasteiger partial charge >= 0.3 is 5.97 Å². The van der Waals surface area contributed by atoms with Crippen LogP contribution in [0.4, 0.5) is 5.69 Å². The number of amides is 2. The summed E-state index contributed by atoms with van der Waals surface area (Å²) < 4.78 is 0.790. The summed E-state index contributed by atoms with van der Waals surface area (Å²) in [5, 5.41) is 27.3. The van der Waals surface area contributed by atoms with Crippen LogP contribution in [0.3, 0.4) is 0 Å². The zero-order valence-electron chi connectivity index (χ0n) is 16.4. The monoisotopic (exact) mass is 493 g/mol. The first-order valence-corrected chi connectivity index (χ1v) is 10.1. The maximum atomic E-state index is 12.3. The molecule has 0 aliphatic rings. The second kappa shape index (κ2) is 11.4. The van der Waals surface area contributed by atoms with Crippen molar-refractivity contribution in [2.75, 3.05) is 11.9 Å². The number of carboxylic acid groups (broad SMARTS) is 1. The molecule has 9 N–H and O–H groups in total. The van der Waals surface area contributed by atoms with Gasteiger partial charge in [0.25, 0.3) is 5.91 Å². The lowest BCUT2D eigenvalue weighted by molar-refractivity contribution is -0.138. The number of aliphatic carboxylic acids is 1. The Morgan fingerprint density at radius 2 is 1.74 bits per heavy atom. The van der Waals surface area contributed by atoms with Gasteiger partial charge in [-0.15, -0.1) is 0 Å². The van der Waals surface area contributed by atoms with Crippen LogP contribution in [0.15, 0.2) is 53.0 Å². The molecule has 0 aromatic heterocycles. The van der Waals surface area contributed by atoms with Crippen LogP contribution in [-0.4, -0.2) is 46.9 Å². The van der Waals surface area contributed by atoms with Crippen LogP contribution in [0.5, 0.6) is 0 Å². The maximum absolute atomic E-state index is 12.3. The van der Waals surface area contributed by atoms with Gasteiger partial charge in [0.05, 0.1) is 25.1 Å². The normalized spacial score (nSPS) is 12.7. The quantitative estimate of drug-likeness (QED) is 0.233. The predicted molar refractivity (Wildman–Crippen MR) is 118 cm³/mol. The van der Waals surface area contributed by atoms with Crippen molar-refractivity contribution in [2.45, 2.75) is 24.9 Å². The molecule has 2 unspecified atom stereocenters. The first-order valence-electron chi connectivity index (χ1n) is 9.26. The highest BCUT2D eigenvalue weighted by molar-refractivity contribution is 9.10. The number of rotatable bonds is 10. The number of carbonyl (C=O) groups is 3. The molecular weight excluding hydrogens is 470 g/mol. The topological polar surface area (TPSA) is 180 Å². The summed E-state index contributed by atoms with van der Waals surface area (Å²) in [4.78, 5) is 35.8. The average Bonchev–Trinajstić information content (AvgIpc) is 2.71. The minimum absolute atomic E-state index is 0.274. The number of nitrogens with one attached hydrogen (secondary N) is 3. The Balaban J connectivity index is 1.98. The van der Waals surface area contributed by atoms with Crippen LogP contribution in [0.25, 0.3) is 0 Å². The molecule has 0 saturated heterocycles. The van der Waals surface area contributed by atoms with E-state index in [4.69, 9.17) is 16.6 Å². The van der Waals surface area contributed by atoms with Crippen LogP contribution in [-0.2, 0) is 9.59 Å². The number of hydrogen-bond donors (Lipinski definition) is 7. The van der Waals surface area contributed by atoms with E-state index < -0.39 is 49.2 Å². The predicted octanol–water partition coefficient (Wildman–Crippen LogP) is 0.485. The van der Waals surface area contributed by atoms with Crippen molar-refractivity contribution in [3.05, 3.63) is 64.1 Å². The SMILES string of the molecule is NC(N)Nc1cccc(C(=O)NCC(=O)NC(CC(=O)O)C(O)c2ccc(Br)cc2)c1. The van der Waals surface area contributed by atoms with Crippen molar-refractivity contribution in [3.8, 4) is 0 Å². The minimum Gasteiger partial charge on any atom is -0.481 e. The second-order valence-electron chi connectivity index (χ2n) is 6.70. The van der Waals surface area contributed by atoms with Crippen LogP contribution < -0.4 is 27.4 Å². The van der Waals surface area contributed by atoms with Gasteiger partial charge in [-0.05, 0) is 35.9 Å². The number of nitrogens with two attached hydrogens (primary N) is 2. The third-order valence-corrected chi connectivity index (χ3v) is 4.73. The van der Waals surface area contributed by atoms with Gasteiger partial charge in [0.15, 0.2) is 0 Å². The number of benzene rings is 2. The fourth-order valence-electron chi connectivity index (χ4n) is 2.79. The Bertz CT molecular complexity index is 922. The van der Waals surface area contributed by atoms with E-state index in [1.165, 1.54) is 6.07 Å². The van der Waals surface area contributed by atoms with E-state index in [-0.39, 0.29) is 5.56 Å². The number of aliphatic hydroxyl groups excluding tert-OH is 1. The van der Waals surface area contributed by atoms with Gasteiger partial charge in [-0.1, -0.05) is 34.1 Å². The molecule has 0 spiro atoms. The molecule has 0 aliphatic carbocycles. The molecule has 10 nitrogen and oxygen atoms in total. The smallest absolute Gasteiger partial charge is 0.305 e. The fraction of sp³-hybridized carbons (Fsp3) is 0.250. The highest BCUT2D eigenvalue weighted by Crippen LogP contribution is 2.21. The van der Waals surface area contributed by atoms with Crippen molar-refractivity contribution in [3.63, 3.8) is 0 Å². The lowest BCUT2D eigenvalue weighted by Crippen LogP contribution is -2.45. The number of carbonyl (C=O) groups excluding carboxylic acids is 2. The maximum Gasteiger partial charge on any atom is 0.305 e. The number of aliphatic hydroxyl groups is 1. The van der Waals surface area contributed by atoms with Gasteiger partial charge in [-0.3, -0.25) is 25.9 Å². The van der Waals surface area contributed by atoms with Crippen LogP contribution in [0.1, 0.15) is 28.4 Å². The highest BCUT2D eigenvalue weighted by atomic mass is 79.9. The van der Waals surface area contributed by atoms with Gasteiger partial charge < -0.3 is 26.2 Å². The molecule has 31 heavy (non-hydrogen) atoms. The molecule has 2 atom stereocenters. The molecule has 0 heterocycles. The lowest BCUT2D eigenvalue weighted by Gasteiger charge is -2.23. The van der Waals surface area contributed by atoms with E-state index >= 15 is 0 Å². The van der Waals surface area contributed by atoms with Gasteiger partial charge in [-0.2, -0.15) is 0 Å². The standard InChI is InChI=1S/C20H24BrN5O5/c21-13-6-4-11(5-7-13)18(30)15(9-17(28)29)26-16(27)10-24-19(31)12-2-1-3-14(8-12)25-20(22)23/h1-8,15,18,20,25,30H,9-10,22-23H2,(H,24,31)(H,26,27)(H,28,29). The third kappa shape index (κ3) is 7.98. The Morgan fingerprint density at radius 1 is 1.06 bits per heavy atom. The number of halogens is 1. The molecular formula is C20H24BrN5O5. The van der Waals surface area contributed by atoms with E-state index in [9.17, 15) is 19.5 Å². The lowest BCUT2D eigenvalue weighted by atomic mass is 9.99. The molecule has 0 radical (unpaired) electrons. The summed E-state index contributed by atoms with van der Waals surface area (Å²) in [6.45, 7) is -0.407. The molecule has 11 heteroatoms. The van der Waals surface area contributed by atoms with Crippen molar-refractivity contribution in [1.29, 1.82) is 0 Å². The van der Waals surface area contributed by atoms with E-state index in [1.807, 2.05) is 0 Å². The average molecular weight is 494 g/mol. The third-order valence-electron chi connectivity index (χ3n) is 4.20. The Hall–Kier alpha value is -2.99. The van der Waals surface area contributed by atoms with E-state index in [1.54, 1.807) is 42.5 Å². The van der Waals surface area contributed by atoms with Gasteiger partial charge in [-0.25, -0.2) is 0 Å². The van der Waals surface area contributed by atoms with Crippen LogP contribution >= 0.6 is 15.9 Å². The summed E-state index contributed by atoms with van der Waals surface area (Å²) >= 11 is 3.28. The molecule has 0 saturated carbocycles. The van der Waals surface area contributed by atoms with Crippen molar-refractivity contribution < 1.29 is 24.6 Å². The number of anilines is 1.